The van der Waals surface area contributed by atoms with Crippen LogP contribution in [0.15, 0.2) is 29.6 Å². The zero-order valence-electron chi connectivity index (χ0n) is 12.7. The molecule has 110 valence electrons. The number of hydrogen-bond acceptors (Lipinski definition) is 5. The number of nitrogens with zero attached hydrogens (tertiary/aromatic N) is 1. The summed E-state index contributed by atoms with van der Waals surface area (Å²) in [5.74, 6) is 0. The maximum Gasteiger partial charge on any atom is 0.494 e. The molecule has 0 bridgehead atoms. The Morgan fingerprint density at radius 1 is 1.14 bits per heavy atom. The number of aromatic nitrogens is 1. The molecular weight excluding hydrogens is 283 g/mol. The molecule has 6 heteroatoms. The second kappa shape index (κ2) is 4.83. The van der Waals surface area contributed by atoms with E-state index >= 15 is 0 Å². The van der Waals surface area contributed by atoms with E-state index in [2.05, 4.69) is 38.7 Å². The van der Waals surface area contributed by atoms with E-state index in [0.717, 1.165) is 16.7 Å². The van der Waals surface area contributed by atoms with Crippen molar-refractivity contribution in [1.29, 1.82) is 0 Å². The Balaban J connectivity index is 1.91. The summed E-state index contributed by atoms with van der Waals surface area (Å²) in [5, 5.41) is 2.53. The summed E-state index contributed by atoms with van der Waals surface area (Å²) in [6.07, 6.45) is 0. The third kappa shape index (κ3) is 2.59. The number of nitrogen functional groups attached to an aromatic ring is 1. The predicted octanol–water partition coefficient (Wildman–Crippen LogP) is 2.69. The van der Waals surface area contributed by atoms with Crippen molar-refractivity contribution in [2.45, 2.75) is 38.9 Å². The highest BCUT2D eigenvalue weighted by atomic mass is 32.1. The van der Waals surface area contributed by atoms with Crippen molar-refractivity contribution in [3.63, 3.8) is 0 Å². The van der Waals surface area contributed by atoms with Crippen molar-refractivity contribution in [3.05, 3.63) is 29.6 Å². The van der Waals surface area contributed by atoms with E-state index in [1.54, 1.807) is 0 Å². The van der Waals surface area contributed by atoms with Gasteiger partial charge < -0.3 is 15.0 Å². The monoisotopic (exact) mass is 302 g/mol. The van der Waals surface area contributed by atoms with Crippen molar-refractivity contribution in [2.75, 3.05) is 5.73 Å². The molecule has 0 atom stereocenters. The zero-order valence-corrected chi connectivity index (χ0v) is 13.5. The highest BCUT2D eigenvalue weighted by molar-refractivity contribution is 7.13. The molecule has 3 rings (SSSR count). The van der Waals surface area contributed by atoms with E-state index < -0.39 is 0 Å². The number of thiazole rings is 1. The van der Waals surface area contributed by atoms with Gasteiger partial charge in [-0.05, 0) is 33.2 Å². The summed E-state index contributed by atoms with van der Waals surface area (Å²) in [7, 11) is -0.356. The summed E-state index contributed by atoms with van der Waals surface area (Å²) in [4.78, 5) is 4.32. The van der Waals surface area contributed by atoms with E-state index in [1.807, 2.05) is 23.6 Å². The van der Waals surface area contributed by atoms with Crippen molar-refractivity contribution in [1.82, 2.24) is 4.98 Å². The standard InChI is InChI=1S/C15H19BN2O2S/c1-14(2)15(3,4)20-16(19-14)11-7-5-6-10(8-11)12-9-21-13(17)18-12/h5-9H,1-4H3,(H2,17,18). The molecule has 0 radical (unpaired) electrons. The van der Waals surface area contributed by atoms with Crippen LogP contribution in [0, 0.1) is 0 Å². The Morgan fingerprint density at radius 2 is 1.81 bits per heavy atom. The maximum atomic E-state index is 6.08. The predicted molar refractivity (Wildman–Crippen MR) is 87.7 cm³/mol. The van der Waals surface area contributed by atoms with Gasteiger partial charge in [-0.15, -0.1) is 11.3 Å². The van der Waals surface area contributed by atoms with Gasteiger partial charge in [0.2, 0.25) is 0 Å². The molecule has 1 aliphatic heterocycles. The van der Waals surface area contributed by atoms with Crippen LogP contribution in [0.3, 0.4) is 0 Å². The number of benzene rings is 1. The lowest BCUT2D eigenvalue weighted by Crippen LogP contribution is -2.41. The average Bonchev–Trinajstić information content (AvgIpc) is 2.92. The molecule has 0 amide bonds. The van der Waals surface area contributed by atoms with Crippen LogP contribution >= 0.6 is 11.3 Å². The molecule has 1 aromatic heterocycles. The van der Waals surface area contributed by atoms with Gasteiger partial charge in [0.15, 0.2) is 5.13 Å². The summed E-state index contributed by atoms with van der Waals surface area (Å²) in [6.45, 7) is 8.21. The topological polar surface area (TPSA) is 57.4 Å². The first kappa shape index (κ1) is 14.6. The van der Waals surface area contributed by atoms with Gasteiger partial charge in [0.05, 0.1) is 16.9 Å². The lowest BCUT2D eigenvalue weighted by molar-refractivity contribution is 0.00578. The highest BCUT2D eigenvalue weighted by Crippen LogP contribution is 2.36. The van der Waals surface area contributed by atoms with Crippen LogP contribution in [-0.2, 0) is 9.31 Å². The minimum absolute atomic E-state index is 0.335. The third-order valence-electron chi connectivity index (χ3n) is 4.23. The molecule has 1 aliphatic rings. The van der Waals surface area contributed by atoms with Crippen LogP contribution in [0.25, 0.3) is 11.3 Å². The van der Waals surface area contributed by atoms with Crippen LogP contribution in [0.5, 0.6) is 0 Å². The summed E-state index contributed by atoms with van der Waals surface area (Å²) >= 11 is 1.44. The smallest absolute Gasteiger partial charge is 0.399 e. The summed E-state index contributed by atoms with van der Waals surface area (Å²) < 4.78 is 12.2. The van der Waals surface area contributed by atoms with Gasteiger partial charge in [-0.2, -0.15) is 0 Å². The van der Waals surface area contributed by atoms with Crippen LogP contribution < -0.4 is 11.2 Å². The fourth-order valence-corrected chi connectivity index (χ4v) is 2.82. The molecule has 2 N–H and O–H groups in total. The normalized spacial score (nSPS) is 19.9. The van der Waals surface area contributed by atoms with Crippen LogP contribution in [-0.4, -0.2) is 23.3 Å². The number of anilines is 1. The molecule has 0 spiro atoms. The lowest BCUT2D eigenvalue weighted by atomic mass is 9.78. The third-order valence-corrected chi connectivity index (χ3v) is 4.90. The molecule has 1 saturated heterocycles. The molecule has 0 aliphatic carbocycles. The largest absolute Gasteiger partial charge is 0.494 e. The van der Waals surface area contributed by atoms with Gasteiger partial charge >= 0.3 is 7.12 Å². The van der Waals surface area contributed by atoms with Gasteiger partial charge in [0, 0.05) is 10.9 Å². The van der Waals surface area contributed by atoms with Crippen LogP contribution in [0.1, 0.15) is 27.7 Å². The molecule has 1 aromatic carbocycles. The number of rotatable bonds is 2. The molecule has 2 heterocycles. The zero-order chi connectivity index (χ0) is 15.3. The van der Waals surface area contributed by atoms with Gasteiger partial charge in [-0.3, -0.25) is 0 Å². The fourth-order valence-electron chi connectivity index (χ4n) is 2.24. The van der Waals surface area contributed by atoms with E-state index in [9.17, 15) is 0 Å². The van der Waals surface area contributed by atoms with Crippen molar-refractivity contribution < 1.29 is 9.31 Å². The van der Waals surface area contributed by atoms with Gasteiger partial charge in [-0.1, -0.05) is 24.3 Å². The quantitative estimate of drug-likeness (QED) is 0.867. The Labute approximate surface area is 129 Å². The molecule has 2 aromatic rings. The molecule has 21 heavy (non-hydrogen) atoms. The van der Waals surface area contributed by atoms with Crippen LogP contribution in [0.4, 0.5) is 5.13 Å². The summed E-state index contributed by atoms with van der Waals surface area (Å²) in [5.41, 5.74) is 7.94. The van der Waals surface area contributed by atoms with Crippen molar-refractivity contribution in [2.24, 2.45) is 0 Å². The Hall–Kier alpha value is -1.37. The Morgan fingerprint density at radius 3 is 2.38 bits per heavy atom. The van der Waals surface area contributed by atoms with Crippen molar-refractivity contribution >= 4 is 29.0 Å². The highest BCUT2D eigenvalue weighted by Gasteiger charge is 2.51. The molecule has 1 fully saturated rings. The first-order chi connectivity index (χ1) is 9.78. The second-order valence-electron chi connectivity index (χ2n) is 6.28. The summed E-state index contributed by atoms with van der Waals surface area (Å²) in [6, 6.07) is 8.08. The van der Waals surface area contributed by atoms with E-state index in [0.29, 0.717) is 5.13 Å². The maximum absolute atomic E-state index is 6.08. The molecular formula is C15H19BN2O2S. The molecule has 0 unspecified atom stereocenters. The minimum Gasteiger partial charge on any atom is -0.399 e. The first-order valence-corrected chi connectivity index (χ1v) is 7.83. The Kier molecular flexibility index (Phi) is 3.35. The van der Waals surface area contributed by atoms with E-state index in [1.165, 1.54) is 11.3 Å². The fraction of sp³-hybridized carbons (Fsp3) is 0.400. The Bertz CT molecular complexity index is 653. The van der Waals surface area contributed by atoms with Gasteiger partial charge in [-0.25, -0.2) is 4.98 Å². The number of nitrogens with two attached hydrogens (primary N) is 1. The van der Waals surface area contributed by atoms with Gasteiger partial charge in [0.1, 0.15) is 0 Å². The van der Waals surface area contributed by atoms with E-state index in [4.69, 9.17) is 15.0 Å². The molecule has 4 nitrogen and oxygen atoms in total. The lowest BCUT2D eigenvalue weighted by Gasteiger charge is -2.32. The number of hydrogen-bond donors (Lipinski definition) is 1. The van der Waals surface area contributed by atoms with Gasteiger partial charge in [0.25, 0.3) is 0 Å². The first-order valence-electron chi connectivity index (χ1n) is 6.95. The minimum atomic E-state index is -0.356. The molecule has 0 saturated carbocycles. The van der Waals surface area contributed by atoms with Crippen molar-refractivity contribution in [3.8, 4) is 11.3 Å². The SMILES string of the molecule is CC1(C)OB(c2cccc(-c3csc(N)n3)c2)OC1(C)C. The van der Waals surface area contributed by atoms with Crippen LogP contribution in [0.2, 0.25) is 0 Å². The average molecular weight is 302 g/mol. The second-order valence-corrected chi connectivity index (χ2v) is 7.17. The van der Waals surface area contributed by atoms with E-state index in [-0.39, 0.29) is 18.3 Å².